The molecule has 0 saturated carbocycles. The van der Waals surface area contributed by atoms with Crippen molar-refractivity contribution in [1.29, 1.82) is 0 Å². The molecule has 0 aliphatic carbocycles. The molecule has 112 valence electrons. The van der Waals surface area contributed by atoms with E-state index in [-0.39, 0.29) is 31.3 Å². The van der Waals surface area contributed by atoms with E-state index in [9.17, 15) is 19.2 Å². The predicted molar refractivity (Wildman–Crippen MR) is 68.7 cm³/mol. The van der Waals surface area contributed by atoms with Crippen molar-refractivity contribution in [2.24, 2.45) is 0 Å². The van der Waals surface area contributed by atoms with Gasteiger partial charge in [-0.25, -0.2) is 4.79 Å². The zero-order chi connectivity index (χ0) is 15.3. The normalized spacial score (nSPS) is 19.1. The highest BCUT2D eigenvalue weighted by molar-refractivity contribution is 5.92. The summed E-state index contributed by atoms with van der Waals surface area (Å²) >= 11 is 0. The van der Waals surface area contributed by atoms with Crippen molar-refractivity contribution in [3.63, 3.8) is 0 Å². The van der Waals surface area contributed by atoms with Crippen LogP contribution in [0, 0.1) is 0 Å². The summed E-state index contributed by atoms with van der Waals surface area (Å²) < 4.78 is 0. The highest BCUT2D eigenvalue weighted by Crippen LogP contribution is 2.12. The fourth-order valence-corrected chi connectivity index (χ4v) is 1.98. The Hall–Kier alpha value is -2.12. The van der Waals surface area contributed by atoms with Crippen LogP contribution in [0.2, 0.25) is 0 Å². The second-order valence-electron chi connectivity index (χ2n) is 4.69. The van der Waals surface area contributed by atoms with E-state index in [1.54, 1.807) is 0 Å². The van der Waals surface area contributed by atoms with Crippen molar-refractivity contribution >= 4 is 23.7 Å². The molecule has 20 heavy (non-hydrogen) atoms. The van der Waals surface area contributed by atoms with Crippen LogP contribution in [0.1, 0.15) is 26.7 Å². The van der Waals surface area contributed by atoms with E-state index >= 15 is 0 Å². The van der Waals surface area contributed by atoms with Crippen LogP contribution >= 0.6 is 0 Å². The van der Waals surface area contributed by atoms with Gasteiger partial charge in [0.15, 0.2) is 0 Å². The minimum atomic E-state index is -1.13. The summed E-state index contributed by atoms with van der Waals surface area (Å²) in [6.45, 7) is 2.98. The Morgan fingerprint density at radius 2 is 2.15 bits per heavy atom. The topological polar surface area (TPSA) is 116 Å². The molecule has 1 saturated heterocycles. The third kappa shape index (κ3) is 4.22. The molecule has 0 spiro atoms. The lowest BCUT2D eigenvalue weighted by Gasteiger charge is -2.29. The number of rotatable bonds is 6. The lowest BCUT2D eigenvalue weighted by molar-refractivity contribution is -0.150. The predicted octanol–water partition coefficient (Wildman–Crippen LogP) is -1.30. The molecule has 1 heterocycles. The molecule has 2 unspecified atom stereocenters. The minimum absolute atomic E-state index is 0.0816. The molecule has 1 aliphatic rings. The third-order valence-electron chi connectivity index (χ3n) is 3.13. The number of nitrogens with one attached hydrogen (secondary N) is 2. The van der Waals surface area contributed by atoms with Crippen molar-refractivity contribution in [1.82, 2.24) is 15.5 Å². The van der Waals surface area contributed by atoms with E-state index in [2.05, 4.69) is 10.6 Å². The molecule has 1 fully saturated rings. The molecule has 0 bridgehead atoms. The molecule has 2 atom stereocenters. The number of carbonyl (C=O) groups is 4. The molecule has 3 amide bonds. The van der Waals surface area contributed by atoms with E-state index in [0.717, 1.165) is 4.90 Å². The first-order valence-corrected chi connectivity index (χ1v) is 6.40. The first-order chi connectivity index (χ1) is 9.32. The fraction of sp³-hybridized carbons (Fsp3) is 0.667. The average molecular weight is 285 g/mol. The smallest absolute Gasteiger partial charge is 0.326 e. The summed E-state index contributed by atoms with van der Waals surface area (Å²) in [6, 6.07) is -1.70. The Balaban J connectivity index is 2.70. The number of hydrogen-bond donors (Lipinski definition) is 3. The largest absolute Gasteiger partial charge is 0.480 e. The number of amides is 3. The van der Waals surface area contributed by atoms with Gasteiger partial charge in [0.05, 0.1) is 0 Å². The molecule has 8 nitrogen and oxygen atoms in total. The molecule has 1 aliphatic heterocycles. The highest BCUT2D eigenvalue weighted by atomic mass is 16.4. The first-order valence-electron chi connectivity index (χ1n) is 6.40. The van der Waals surface area contributed by atoms with Crippen LogP contribution in [0.3, 0.4) is 0 Å². The molecule has 3 N–H and O–H groups in total. The van der Waals surface area contributed by atoms with Gasteiger partial charge in [-0.1, -0.05) is 0 Å². The van der Waals surface area contributed by atoms with Crippen molar-refractivity contribution in [2.45, 2.75) is 38.8 Å². The third-order valence-corrected chi connectivity index (χ3v) is 3.13. The fourth-order valence-electron chi connectivity index (χ4n) is 1.98. The Kier molecular flexibility index (Phi) is 5.48. The van der Waals surface area contributed by atoms with Gasteiger partial charge in [-0.3, -0.25) is 14.4 Å². The average Bonchev–Trinajstić information content (AvgIpc) is 2.79. The SMILES string of the molecule is CC(=O)NCCN(C(=O)C1CCC(=O)N1)C(C)C(=O)O. The molecule has 1 rings (SSSR count). The molecule has 8 heteroatoms. The Morgan fingerprint density at radius 3 is 2.60 bits per heavy atom. The summed E-state index contributed by atoms with van der Waals surface area (Å²) in [5, 5.41) is 14.1. The Morgan fingerprint density at radius 1 is 1.50 bits per heavy atom. The number of hydrogen-bond acceptors (Lipinski definition) is 4. The van der Waals surface area contributed by atoms with Gasteiger partial charge in [0.1, 0.15) is 12.1 Å². The maximum atomic E-state index is 12.2. The van der Waals surface area contributed by atoms with E-state index < -0.39 is 24.0 Å². The van der Waals surface area contributed by atoms with Gasteiger partial charge in [-0.15, -0.1) is 0 Å². The maximum absolute atomic E-state index is 12.2. The van der Waals surface area contributed by atoms with Gasteiger partial charge in [-0.2, -0.15) is 0 Å². The lowest BCUT2D eigenvalue weighted by Crippen LogP contribution is -2.52. The highest BCUT2D eigenvalue weighted by Gasteiger charge is 2.34. The quantitative estimate of drug-likeness (QED) is 0.561. The van der Waals surface area contributed by atoms with Crippen molar-refractivity contribution in [3.05, 3.63) is 0 Å². The summed E-state index contributed by atoms with van der Waals surface area (Å²) in [5.74, 6) is -2.04. The lowest BCUT2D eigenvalue weighted by atomic mass is 10.1. The van der Waals surface area contributed by atoms with Crippen LogP contribution < -0.4 is 10.6 Å². The minimum Gasteiger partial charge on any atom is -0.480 e. The zero-order valence-corrected chi connectivity index (χ0v) is 11.5. The number of aliphatic carboxylic acids is 1. The second kappa shape index (κ2) is 6.88. The molecular formula is C12H19N3O5. The monoisotopic (exact) mass is 285 g/mol. The van der Waals surface area contributed by atoms with Crippen LogP contribution in [-0.2, 0) is 19.2 Å². The first kappa shape index (κ1) is 15.9. The van der Waals surface area contributed by atoms with Crippen LogP contribution in [-0.4, -0.2) is 58.9 Å². The number of carboxylic acids is 1. The number of nitrogens with zero attached hydrogens (tertiary/aromatic N) is 1. The van der Waals surface area contributed by atoms with E-state index in [4.69, 9.17) is 5.11 Å². The van der Waals surface area contributed by atoms with Crippen LogP contribution in [0.15, 0.2) is 0 Å². The van der Waals surface area contributed by atoms with Crippen molar-refractivity contribution in [2.75, 3.05) is 13.1 Å². The molecule has 0 radical (unpaired) electrons. The van der Waals surface area contributed by atoms with E-state index in [1.165, 1.54) is 13.8 Å². The summed E-state index contributed by atoms with van der Waals surface area (Å²) in [7, 11) is 0. The van der Waals surface area contributed by atoms with Crippen molar-refractivity contribution < 1.29 is 24.3 Å². The van der Waals surface area contributed by atoms with E-state index in [1.807, 2.05) is 0 Å². The molecule has 0 aromatic carbocycles. The summed E-state index contributed by atoms with van der Waals surface area (Å²) in [4.78, 5) is 46.4. The second-order valence-corrected chi connectivity index (χ2v) is 4.69. The zero-order valence-electron chi connectivity index (χ0n) is 11.5. The standard InChI is InChI=1S/C12H19N3O5/c1-7(12(19)20)15(6-5-13-8(2)16)11(18)9-3-4-10(17)14-9/h7,9H,3-6H2,1-2H3,(H,13,16)(H,14,17)(H,19,20). The summed E-state index contributed by atoms with van der Waals surface area (Å²) in [5.41, 5.74) is 0. The van der Waals surface area contributed by atoms with Crippen molar-refractivity contribution in [3.8, 4) is 0 Å². The molecular weight excluding hydrogens is 266 g/mol. The van der Waals surface area contributed by atoms with Crippen LogP contribution in [0.4, 0.5) is 0 Å². The van der Waals surface area contributed by atoms with Gasteiger partial charge >= 0.3 is 5.97 Å². The number of carbonyl (C=O) groups excluding carboxylic acids is 3. The van der Waals surface area contributed by atoms with Crippen LogP contribution in [0.25, 0.3) is 0 Å². The van der Waals surface area contributed by atoms with Gasteiger partial charge in [0.2, 0.25) is 17.7 Å². The maximum Gasteiger partial charge on any atom is 0.326 e. The van der Waals surface area contributed by atoms with Crippen LogP contribution in [0.5, 0.6) is 0 Å². The van der Waals surface area contributed by atoms with Gasteiger partial charge < -0.3 is 20.6 Å². The molecule has 0 aromatic rings. The molecule has 0 aromatic heterocycles. The van der Waals surface area contributed by atoms with E-state index in [0.29, 0.717) is 6.42 Å². The Labute approximate surface area is 116 Å². The Bertz CT molecular complexity index is 423. The number of carboxylic acid groups (broad SMARTS) is 1. The van der Waals surface area contributed by atoms with Gasteiger partial charge in [-0.05, 0) is 13.3 Å². The summed E-state index contributed by atoms with van der Waals surface area (Å²) in [6.07, 6.45) is 0.623. The van der Waals surface area contributed by atoms with Gasteiger partial charge in [0.25, 0.3) is 0 Å². The van der Waals surface area contributed by atoms with Gasteiger partial charge in [0, 0.05) is 26.4 Å².